The molecule has 0 aromatic heterocycles. The predicted molar refractivity (Wildman–Crippen MR) is 91.0 cm³/mol. The molecule has 0 unspecified atom stereocenters. The SMILES string of the molecule is O[C@H]1CN(CCCCc2ccccc2)C[C@@H]1N1CCCCC1. The van der Waals surface area contributed by atoms with Crippen LogP contribution in [0.15, 0.2) is 30.3 Å². The summed E-state index contributed by atoms with van der Waals surface area (Å²) in [5, 5.41) is 10.4. The molecule has 2 aliphatic heterocycles. The summed E-state index contributed by atoms with van der Waals surface area (Å²) < 4.78 is 0. The third kappa shape index (κ3) is 4.31. The van der Waals surface area contributed by atoms with Crippen molar-refractivity contribution in [2.45, 2.75) is 50.7 Å². The van der Waals surface area contributed by atoms with Crippen LogP contribution in [-0.2, 0) is 6.42 Å². The van der Waals surface area contributed by atoms with Crippen LogP contribution in [0, 0.1) is 0 Å². The number of hydrogen-bond donors (Lipinski definition) is 1. The second-order valence-corrected chi connectivity index (χ2v) is 6.93. The topological polar surface area (TPSA) is 26.7 Å². The standard InChI is InChI=1S/C19H30N2O/c22-19-16-20(15-18(19)21-13-6-2-7-14-21)12-8-5-11-17-9-3-1-4-10-17/h1,3-4,9-10,18-19,22H,2,5-8,11-16H2/t18-,19-/m0/s1. The minimum absolute atomic E-state index is 0.146. The van der Waals surface area contributed by atoms with Crippen molar-refractivity contribution in [2.75, 3.05) is 32.7 Å². The van der Waals surface area contributed by atoms with E-state index in [0.29, 0.717) is 6.04 Å². The molecule has 122 valence electrons. The van der Waals surface area contributed by atoms with Crippen molar-refractivity contribution in [3.8, 4) is 0 Å². The third-order valence-electron chi connectivity index (χ3n) is 5.23. The lowest BCUT2D eigenvalue weighted by Crippen LogP contribution is -2.45. The largest absolute Gasteiger partial charge is 0.390 e. The molecule has 1 N–H and O–H groups in total. The number of benzene rings is 1. The van der Waals surface area contributed by atoms with E-state index in [2.05, 4.69) is 40.1 Å². The highest BCUT2D eigenvalue weighted by Crippen LogP contribution is 2.21. The molecular weight excluding hydrogens is 272 g/mol. The maximum Gasteiger partial charge on any atom is 0.0834 e. The van der Waals surface area contributed by atoms with E-state index in [1.54, 1.807) is 0 Å². The van der Waals surface area contributed by atoms with Crippen LogP contribution in [0.5, 0.6) is 0 Å². The van der Waals surface area contributed by atoms with Gasteiger partial charge in [-0.05, 0) is 57.3 Å². The van der Waals surface area contributed by atoms with Gasteiger partial charge in [-0.1, -0.05) is 36.8 Å². The number of nitrogens with zero attached hydrogens (tertiary/aromatic N) is 2. The second-order valence-electron chi connectivity index (χ2n) is 6.93. The zero-order valence-electron chi connectivity index (χ0n) is 13.7. The maximum atomic E-state index is 10.4. The first-order valence-electron chi connectivity index (χ1n) is 9.01. The number of rotatable bonds is 6. The van der Waals surface area contributed by atoms with Gasteiger partial charge in [-0.25, -0.2) is 0 Å². The van der Waals surface area contributed by atoms with Crippen molar-refractivity contribution in [1.82, 2.24) is 9.80 Å². The molecule has 0 saturated carbocycles. The van der Waals surface area contributed by atoms with Gasteiger partial charge in [0.1, 0.15) is 0 Å². The number of aliphatic hydroxyl groups is 1. The van der Waals surface area contributed by atoms with Gasteiger partial charge in [-0.3, -0.25) is 9.80 Å². The van der Waals surface area contributed by atoms with Crippen molar-refractivity contribution < 1.29 is 5.11 Å². The molecule has 0 radical (unpaired) electrons. The number of β-amino-alcohol motifs (C(OH)–C–C–N with tert-alkyl or cyclic N) is 1. The number of hydrogen-bond acceptors (Lipinski definition) is 3. The Morgan fingerprint density at radius 1 is 0.955 bits per heavy atom. The minimum Gasteiger partial charge on any atom is -0.390 e. The molecule has 0 aliphatic carbocycles. The van der Waals surface area contributed by atoms with E-state index in [4.69, 9.17) is 0 Å². The molecule has 2 heterocycles. The molecule has 3 rings (SSSR count). The van der Waals surface area contributed by atoms with E-state index in [0.717, 1.165) is 19.6 Å². The monoisotopic (exact) mass is 302 g/mol. The number of unbranched alkanes of at least 4 members (excludes halogenated alkanes) is 1. The van der Waals surface area contributed by atoms with Crippen LogP contribution in [0.4, 0.5) is 0 Å². The van der Waals surface area contributed by atoms with Gasteiger partial charge in [0, 0.05) is 19.1 Å². The summed E-state index contributed by atoms with van der Waals surface area (Å²) in [6.07, 6.45) is 7.47. The molecule has 1 aromatic carbocycles. The molecule has 22 heavy (non-hydrogen) atoms. The van der Waals surface area contributed by atoms with Crippen LogP contribution in [0.2, 0.25) is 0 Å². The third-order valence-corrected chi connectivity index (χ3v) is 5.23. The van der Waals surface area contributed by atoms with E-state index in [-0.39, 0.29) is 6.10 Å². The summed E-state index contributed by atoms with van der Waals surface area (Å²) in [7, 11) is 0. The summed E-state index contributed by atoms with van der Waals surface area (Å²) in [4.78, 5) is 4.99. The summed E-state index contributed by atoms with van der Waals surface area (Å²) in [6.45, 7) is 5.43. The first kappa shape index (κ1) is 16.0. The molecule has 0 amide bonds. The first-order valence-corrected chi connectivity index (χ1v) is 9.01. The molecule has 2 saturated heterocycles. The Morgan fingerprint density at radius 2 is 1.73 bits per heavy atom. The van der Waals surface area contributed by atoms with E-state index < -0.39 is 0 Å². The van der Waals surface area contributed by atoms with E-state index in [1.165, 1.54) is 57.2 Å². The smallest absolute Gasteiger partial charge is 0.0834 e. The summed E-state index contributed by atoms with van der Waals surface area (Å²) >= 11 is 0. The molecular formula is C19H30N2O. The Hall–Kier alpha value is -0.900. The molecule has 3 nitrogen and oxygen atoms in total. The van der Waals surface area contributed by atoms with Gasteiger partial charge < -0.3 is 5.11 Å². The zero-order chi connectivity index (χ0) is 15.2. The van der Waals surface area contributed by atoms with Gasteiger partial charge in [-0.15, -0.1) is 0 Å². The molecule has 2 atom stereocenters. The van der Waals surface area contributed by atoms with Gasteiger partial charge in [0.2, 0.25) is 0 Å². The average Bonchev–Trinajstić information content (AvgIpc) is 2.94. The lowest BCUT2D eigenvalue weighted by atomic mass is 10.1. The lowest BCUT2D eigenvalue weighted by Gasteiger charge is -2.33. The summed E-state index contributed by atoms with van der Waals surface area (Å²) in [5.74, 6) is 0. The maximum absolute atomic E-state index is 10.4. The quantitative estimate of drug-likeness (QED) is 0.818. The number of aryl methyl sites for hydroxylation is 1. The van der Waals surface area contributed by atoms with Gasteiger partial charge in [0.15, 0.2) is 0 Å². The Balaban J connectivity index is 1.37. The van der Waals surface area contributed by atoms with Crippen LogP contribution >= 0.6 is 0 Å². The van der Waals surface area contributed by atoms with Crippen molar-refractivity contribution >= 4 is 0 Å². The van der Waals surface area contributed by atoms with E-state index in [1.807, 2.05) is 0 Å². The fourth-order valence-electron chi connectivity index (χ4n) is 3.95. The fourth-order valence-corrected chi connectivity index (χ4v) is 3.95. The normalized spacial score (nSPS) is 27.3. The number of piperidine rings is 1. The summed E-state index contributed by atoms with van der Waals surface area (Å²) in [6, 6.07) is 11.1. The molecule has 1 aromatic rings. The second kappa shape index (κ2) is 8.09. The van der Waals surface area contributed by atoms with Gasteiger partial charge in [-0.2, -0.15) is 0 Å². The van der Waals surface area contributed by atoms with Crippen molar-refractivity contribution in [1.29, 1.82) is 0 Å². The molecule has 2 fully saturated rings. The van der Waals surface area contributed by atoms with Gasteiger partial charge in [0.05, 0.1) is 6.10 Å². The Bertz CT molecular complexity index is 430. The van der Waals surface area contributed by atoms with Crippen LogP contribution in [0.25, 0.3) is 0 Å². The van der Waals surface area contributed by atoms with Crippen molar-refractivity contribution in [2.24, 2.45) is 0 Å². The van der Waals surface area contributed by atoms with Gasteiger partial charge >= 0.3 is 0 Å². The van der Waals surface area contributed by atoms with Crippen molar-refractivity contribution in [3.63, 3.8) is 0 Å². The zero-order valence-corrected chi connectivity index (χ0v) is 13.7. The van der Waals surface area contributed by atoms with E-state index in [9.17, 15) is 5.11 Å². The lowest BCUT2D eigenvalue weighted by molar-refractivity contribution is 0.0706. The van der Waals surface area contributed by atoms with Crippen LogP contribution in [0.3, 0.4) is 0 Å². The van der Waals surface area contributed by atoms with Crippen LogP contribution < -0.4 is 0 Å². The van der Waals surface area contributed by atoms with Crippen molar-refractivity contribution in [3.05, 3.63) is 35.9 Å². The van der Waals surface area contributed by atoms with Crippen LogP contribution in [0.1, 0.15) is 37.7 Å². The Labute approximate surface area is 134 Å². The summed E-state index contributed by atoms with van der Waals surface area (Å²) in [5.41, 5.74) is 1.44. The minimum atomic E-state index is -0.146. The highest BCUT2D eigenvalue weighted by Gasteiger charge is 2.35. The molecule has 0 bridgehead atoms. The predicted octanol–water partition coefficient (Wildman–Crippen LogP) is 2.54. The average molecular weight is 302 g/mol. The number of aliphatic hydroxyl groups excluding tert-OH is 1. The first-order chi connectivity index (χ1) is 10.8. The van der Waals surface area contributed by atoms with Crippen LogP contribution in [-0.4, -0.2) is 59.8 Å². The molecule has 3 heteroatoms. The Morgan fingerprint density at radius 3 is 2.50 bits per heavy atom. The number of likely N-dealkylation sites (tertiary alicyclic amines) is 2. The molecule has 2 aliphatic rings. The Kier molecular flexibility index (Phi) is 5.88. The fraction of sp³-hybridized carbons (Fsp3) is 0.684. The van der Waals surface area contributed by atoms with E-state index >= 15 is 0 Å². The van der Waals surface area contributed by atoms with Gasteiger partial charge in [0.25, 0.3) is 0 Å². The molecule has 0 spiro atoms. The highest BCUT2D eigenvalue weighted by molar-refractivity contribution is 5.14. The highest BCUT2D eigenvalue weighted by atomic mass is 16.3.